The SMILES string of the molecule is Cc1cc(-c2nc(C)c3c(n2)N(C(=O)Nc2ccccn2)[C@H]2CCN3C2)ccn1.Cc1cc(-c2nc(C)c3c(n2)N[C@H]2CCN3C2)ccn1.O=c1nc2ccccn2c(=O)n1-c1ccccn1. The maximum atomic E-state index is 13.2. The molecule has 0 spiro atoms. The van der Waals surface area contributed by atoms with Gasteiger partial charge < -0.3 is 15.1 Å². The van der Waals surface area contributed by atoms with Crippen LogP contribution in [0, 0.1) is 27.7 Å². The van der Waals surface area contributed by atoms with E-state index in [0.29, 0.717) is 29.1 Å². The van der Waals surface area contributed by atoms with Gasteiger partial charge in [0.2, 0.25) is 0 Å². The van der Waals surface area contributed by atoms with Crippen molar-refractivity contribution < 1.29 is 4.79 Å². The van der Waals surface area contributed by atoms with Gasteiger partial charge in [-0.05, 0) is 101 Å². The van der Waals surface area contributed by atoms with Crippen molar-refractivity contribution >= 4 is 40.5 Å². The first kappa shape index (κ1) is 42.5. The third-order valence-corrected chi connectivity index (χ3v) is 12.0. The summed E-state index contributed by atoms with van der Waals surface area (Å²) in [5, 5.41) is 6.46. The van der Waals surface area contributed by atoms with E-state index in [-0.39, 0.29) is 17.9 Å². The second-order valence-electron chi connectivity index (χ2n) is 16.6. The van der Waals surface area contributed by atoms with Crippen LogP contribution in [0.2, 0.25) is 0 Å². The Bertz CT molecular complexity index is 3270. The van der Waals surface area contributed by atoms with Crippen molar-refractivity contribution in [1.29, 1.82) is 0 Å². The predicted molar refractivity (Wildman–Crippen MR) is 255 cm³/mol. The molecule has 19 heteroatoms. The minimum atomic E-state index is -0.634. The van der Waals surface area contributed by atoms with E-state index in [1.807, 2.05) is 63.4 Å². The highest BCUT2D eigenvalue weighted by molar-refractivity contribution is 6.04. The van der Waals surface area contributed by atoms with E-state index in [2.05, 4.69) is 52.3 Å². The zero-order valence-electron chi connectivity index (χ0n) is 37.3. The molecule has 0 saturated carbocycles. The highest BCUT2D eigenvalue weighted by atomic mass is 16.2. The lowest BCUT2D eigenvalue weighted by Gasteiger charge is -2.36. The standard InChI is InChI=1S/C21H21N7O.C15H17N5.C12H8N4O2/c1-13-11-15(6-9-22-13)19-24-14(2)18-20(26-19)28(16-7-10-27(18)12-16)21(29)25-17-5-3-4-8-23-17;1-9-7-11(3-5-16-9)14-17-10(2)13-15(19-14)18-12-4-6-20(13)8-12;17-11-14-10-6-2-4-8-15(10)12(18)16(11)9-5-1-3-7-13-9/h3-6,8-9,11,16H,7,10,12H2,1-2H3,(H,23,25,29);3,5,7,12H,4,6,8H2,1-2H3,(H,17,18,19);1-8H/t16-;12-;/m00./s1. The number of pyridine rings is 5. The number of amides is 2. The largest absolute Gasteiger partial charge is 0.365 e. The summed E-state index contributed by atoms with van der Waals surface area (Å²) in [6.45, 7) is 11.8. The summed E-state index contributed by atoms with van der Waals surface area (Å²) in [6.07, 6.45) is 10.4. The van der Waals surface area contributed by atoms with Crippen LogP contribution in [0.4, 0.5) is 33.6 Å². The quantitative estimate of drug-likeness (QED) is 0.221. The number of carbonyl (C=O) groups is 1. The van der Waals surface area contributed by atoms with Crippen molar-refractivity contribution in [3.63, 3.8) is 0 Å². The smallest absolute Gasteiger partial charge is 0.359 e. The fourth-order valence-corrected chi connectivity index (χ4v) is 8.94. The van der Waals surface area contributed by atoms with Gasteiger partial charge in [0.05, 0.1) is 17.4 Å². The number of rotatable bonds is 4. The zero-order valence-corrected chi connectivity index (χ0v) is 37.3. The second kappa shape index (κ2) is 17.8. The molecule has 4 aliphatic rings. The molecule has 0 aliphatic carbocycles. The number of hydrogen-bond donors (Lipinski definition) is 2. The van der Waals surface area contributed by atoms with Crippen LogP contribution in [-0.2, 0) is 0 Å². The summed E-state index contributed by atoms with van der Waals surface area (Å²) in [6, 6.07) is 23.7. The third kappa shape index (κ3) is 8.49. The van der Waals surface area contributed by atoms with Gasteiger partial charge in [0.25, 0.3) is 0 Å². The van der Waals surface area contributed by atoms with Gasteiger partial charge in [-0.15, -0.1) is 0 Å². The maximum Gasteiger partial charge on any atom is 0.359 e. The van der Waals surface area contributed by atoms with Crippen molar-refractivity contribution in [2.24, 2.45) is 0 Å². The first-order valence-electron chi connectivity index (χ1n) is 22.0. The molecule has 67 heavy (non-hydrogen) atoms. The van der Waals surface area contributed by atoms with Crippen LogP contribution in [0.3, 0.4) is 0 Å². The van der Waals surface area contributed by atoms with E-state index < -0.39 is 11.4 Å². The van der Waals surface area contributed by atoms with E-state index in [1.165, 1.54) is 22.7 Å². The topological polar surface area (TPSA) is 210 Å². The van der Waals surface area contributed by atoms with Crippen LogP contribution in [0.1, 0.15) is 35.6 Å². The summed E-state index contributed by atoms with van der Waals surface area (Å²) in [7, 11) is 0. The monoisotopic (exact) mass is 894 g/mol. The molecule has 19 nitrogen and oxygen atoms in total. The molecular weight excluding hydrogens is 849 g/mol. The molecule has 4 aliphatic heterocycles. The molecule has 2 N–H and O–H groups in total. The molecule has 0 unspecified atom stereocenters. The number of carbonyl (C=O) groups excluding carboxylic acids is 1. The Balaban J connectivity index is 0.000000122. The molecule has 336 valence electrons. The molecule has 12 heterocycles. The number of fused-ring (bicyclic) bond motifs is 9. The molecule has 2 fully saturated rings. The lowest BCUT2D eigenvalue weighted by atomic mass is 10.1. The van der Waals surface area contributed by atoms with Crippen LogP contribution in [0.25, 0.3) is 34.2 Å². The van der Waals surface area contributed by atoms with Crippen molar-refractivity contribution in [3.8, 4) is 28.6 Å². The van der Waals surface area contributed by atoms with Gasteiger partial charge in [0, 0.05) is 85.7 Å². The number of aryl methyl sites for hydroxylation is 4. The number of nitrogens with one attached hydrogen (secondary N) is 2. The fraction of sp³-hybridized carbons (Fsp3) is 0.250. The number of nitrogens with zero attached hydrogens (tertiary/aromatic N) is 14. The zero-order chi connectivity index (χ0) is 46.2. The first-order valence-corrected chi connectivity index (χ1v) is 22.0. The molecule has 12 rings (SSSR count). The van der Waals surface area contributed by atoms with E-state index in [1.54, 1.807) is 66.0 Å². The number of anilines is 5. The van der Waals surface area contributed by atoms with Gasteiger partial charge >= 0.3 is 17.4 Å². The van der Waals surface area contributed by atoms with Gasteiger partial charge in [-0.1, -0.05) is 18.2 Å². The van der Waals surface area contributed by atoms with Gasteiger partial charge in [0.15, 0.2) is 23.3 Å². The van der Waals surface area contributed by atoms with E-state index >= 15 is 0 Å². The second-order valence-corrected chi connectivity index (χ2v) is 16.6. The number of aromatic nitrogens is 11. The molecule has 0 aromatic carbocycles. The molecule has 2 amide bonds. The highest BCUT2D eigenvalue weighted by Crippen LogP contribution is 2.42. The van der Waals surface area contributed by atoms with Crippen LogP contribution >= 0.6 is 0 Å². The van der Waals surface area contributed by atoms with Crippen LogP contribution in [-0.4, -0.2) is 98.1 Å². The minimum Gasteiger partial charge on any atom is -0.365 e. The Hall–Kier alpha value is -8.48. The Kier molecular flexibility index (Phi) is 11.3. The Morgan fingerprint density at radius 3 is 2.04 bits per heavy atom. The summed E-state index contributed by atoms with van der Waals surface area (Å²) in [5.41, 5.74) is 7.03. The van der Waals surface area contributed by atoms with Crippen LogP contribution in [0.5, 0.6) is 0 Å². The molecular formula is C48H46N16O3. The van der Waals surface area contributed by atoms with E-state index in [9.17, 15) is 14.4 Å². The number of urea groups is 1. The van der Waals surface area contributed by atoms with Gasteiger partial charge in [-0.3, -0.25) is 24.6 Å². The van der Waals surface area contributed by atoms with Crippen LogP contribution in [0.15, 0.2) is 119 Å². The molecule has 8 aromatic heterocycles. The lowest BCUT2D eigenvalue weighted by molar-refractivity contribution is 0.254. The first-order chi connectivity index (χ1) is 32.6. The molecule has 8 aromatic rings. The number of hydrogen-bond acceptors (Lipinski definition) is 15. The molecule has 0 radical (unpaired) electrons. The highest BCUT2D eigenvalue weighted by Gasteiger charge is 2.42. The van der Waals surface area contributed by atoms with Crippen molar-refractivity contribution in [3.05, 3.63) is 154 Å². The van der Waals surface area contributed by atoms with Gasteiger partial charge in [-0.25, -0.2) is 44.3 Å². The van der Waals surface area contributed by atoms with E-state index in [0.717, 1.165) is 88.4 Å². The maximum absolute atomic E-state index is 13.2. The lowest BCUT2D eigenvalue weighted by Crippen LogP contribution is -2.48. The summed E-state index contributed by atoms with van der Waals surface area (Å²) in [5.74, 6) is 3.81. The molecule has 2 saturated heterocycles. The average Bonchev–Trinajstić information content (AvgIpc) is 3.92. The predicted octanol–water partition coefficient (Wildman–Crippen LogP) is 5.58. The van der Waals surface area contributed by atoms with Crippen LogP contribution < -0.4 is 36.7 Å². The Morgan fingerprint density at radius 1 is 0.672 bits per heavy atom. The summed E-state index contributed by atoms with van der Waals surface area (Å²) < 4.78 is 2.24. The van der Waals surface area contributed by atoms with Crippen molar-refractivity contribution in [2.75, 3.05) is 51.5 Å². The Labute approximate surface area is 384 Å². The third-order valence-electron chi connectivity index (χ3n) is 12.0. The van der Waals surface area contributed by atoms with Gasteiger partial charge in [-0.2, -0.15) is 9.55 Å². The molecule has 2 atom stereocenters. The fourth-order valence-electron chi connectivity index (χ4n) is 8.94. The summed E-state index contributed by atoms with van der Waals surface area (Å²) >= 11 is 0. The summed E-state index contributed by atoms with van der Waals surface area (Å²) in [4.78, 5) is 83.3. The Morgan fingerprint density at radius 2 is 1.34 bits per heavy atom. The minimum absolute atomic E-state index is 0.0764. The molecule has 4 bridgehead atoms. The van der Waals surface area contributed by atoms with Gasteiger partial charge in [0.1, 0.15) is 28.7 Å². The average molecular weight is 895 g/mol. The van der Waals surface area contributed by atoms with Crippen molar-refractivity contribution in [1.82, 2.24) is 53.8 Å². The van der Waals surface area contributed by atoms with E-state index in [4.69, 9.17) is 19.9 Å². The van der Waals surface area contributed by atoms with Crippen molar-refractivity contribution in [2.45, 2.75) is 52.6 Å². The normalized spacial score (nSPS) is 16.2.